The molecule has 3 rings (SSSR count). The van der Waals surface area contributed by atoms with Gasteiger partial charge in [0, 0.05) is 18.7 Å². The third-order valence-corrected chi connectivity index (χ3v) is 3.08. The summed E-state index contributed by atoms with van der Waals surface area (Å²) in [4.78, 5) is 0. The molecule has 0 aliphatic carbocycles. The number of ether oxygens (including phenoxy) is 2. The van der Waals surface area contributed by atoms with Crippen LogP contribution in [0.15, 0.2) is 30.3 Å². The zero-order valence-corrected chi connectivity index (χ0v) is 11.0. The summed E-state index contributed by atoms with van der Waals surface area (Å²) in [5.74, 6) is -1.91. The lowest BCUT2D eigenvalue weighted by Gasteiger charge is -2.19. The molecule has 2 aromatic carbocycles. The van der Waals surface area contributed by atoms with Crippen LogP contribution in [0.25, 0.3) is 0 Å². The second-order valence-corrected chi connectivity index (χ2v) is 4.58. The van der Waals surface area contributed by atoms with Crippen molar-refractivity contribution in [2.75, 3.05) is 18.5 Å². The lowest BCUT2D eigenvalue weighted by Crippen LogP contribution is -2.15. The van der Waals surface area contributed by atoms with Crippen molar-refractivity contribution in [1.82, 2.24) is 0 Å². The fourth-order valence-corrected chi connectivity index (χ4v) is 2.08. The van der Waals surface area contributed by atoms with Crippen molar-refractivity contribution in [3.05, 3.63) is 53.3 Å². The second-order valence-electron chi connectivity index (χ2n) is 4.58. The van der Waals surface area contributed by atoms with Crippen molar-refractivity contribution in [3.63, 3.8) is 0 Å². The minimum Gasteiger partial charge on any atom is -0.486 e. The molecule has 0 unspecified atom stereocenters. The van der Waals surface area contributed by atoms with Crippen molar-refractivity contribution < 1.29 is 22.6 Å². The molecule has 0 fully saturated rings. The molecule has 0 bridgehead atoms. The van der Waals surface area contributed by atoms with Gasteiger partial charge in [-0.15, -0.1) is 0 Å². The minimum absolute atomic E-state index is 0.205. The van der Waals surface area contributed by atoms with E-state index in [0.717, 1.165) is 11.6 Å². The molecule has 0 radical (unpaired) electrons. The van der Waals surface area contributed by atoms with Gasteiger partial charge in [0.1, 0.15) is 19.0 Å². The molecule has 2 aromatic rings. The number of nitrogens with one attached hydrogen (secondary N) is 1. The highest BCUT2D eigenvalue weighted by Crippen LogP contribution is 2.31. The van der Waals surface area contributed by atoms with Gasteiger partial charge < -0.3 is 14.8 Å². The summed E-state index contributed by atoms with van der Waals surface area (Å²) in [6, 6.07) is 6.68. The molecule has 110 valence electrons. The van der Waals surface area contributed by atoms with Crippen LogP contribution in [0.1, 0.15) is 5.56 Å². The highest BCUT2D eigenvalue weighted by atomic mass is 19.2. The normalized spacial score (nSPS) is 13.1. The molecule has 1 aliphatic rings. The highest BCUT2D eigenvalue weighted by Gasteiger charge is 2.13. The molecular weight excluding hydrogens is 283 g/mol. The SMILES string of the molecule is Fc1cc(F)c(F)c(NCc2ccc3c(c2)OCCO3)c1. The van der Waals surface area contributed by atoms with E-state index in [2.05, 4.69) is 5.32 Å². The van der Waals surface area contributed by atoms with Crippen molar-refractivity contribution >= 4 is 5.69 Å². The zero-order valence-electron chi connectivity index (χ0n) is 11.0. The molecule has 1 N–H and O–H groups in total. The fraction of sp³-hybridized carbons (Fsp3) is 0.200. The van der Waals surface area contributed by atoms with Crippen LogP contribution >= 0.6 is 0 Å². The van der Waals surface area contributed by atoms with Gasteiger partial charge in [0.2, 0.25) is 0 Å². The van der Waals surface area contributed by atoms with Gasteiger partial charge in [-0.2, -0.15) is 0 Å². The first-order valence-corrected chi connectivity index (χ1v) is 6.40. The van der Waals surface area contributed by atoms with Gasteiger partial charge in [-0.1, -0.05) is 6.07 Å². The van der Waals surface area contributed by atoms with Gasteiger partial charge in [-0.25, -0.2) is 13.2 Å². The van der Waals surface area contributed by atoms with E-state index in [0.29, 0.717) is 30.8 Å². The van der Waals surface area contributed by atoms with Gasteiger partial charge in [0.15, 0.2) is 23.1 Å². The van der Waals surface area contributed by atoms with Crippen LogP contribution in [0, 0.1) is 17.5 Å². The number of halogens is 3. The van der Waals surface area contributed by atoms with E-state index in [1.807, 2.05) is 0 Å². The summed E-state index contributed by atoms with van der Waals surface area (Å²) in [5, 5.41) is 2.67. The first kappa shape index (κ1) is 13.6. The summed E-state index contributed by atoms with van der Waals surface area (Å²) >= 11 is 0. The molecule has 6 heteroatoms. The van der Waals surface area contributed by atoms with Crippen LogP contribution in [0.3, 0.4) is 0 Å². The average Bonchev–Trinajstić information content (AvgIpc) is 2.49. The summed E-state index contributed by atoms with van der Waals surface area (Å²) < 4.78 is 50.5. The molecule has 0 amide bonds. The smallest absolute Gasteiger partial charge is 0.182 e. The molecule has 0 saturated carbocycles. The average molecular weight is 295 g/mol. The third kappa shape index (κ3) is 2.89. The minimum atomic E-state index is -1.22. The fourth-order valence-electron chi connectivity index (χ4n) is 2.08. The van der Waals surface area contributed by atoms with Crippen molar-refractivity contribution in [2.45, 2.75) is 6.54 Å². The first-order valence-electron chi connectivity index (χ1n) is 6.40. The standard InChI is InChI=1S/C15H12F3NO2/c16-10-6-11(17)15(18)12(7-10)19-8-9-1-2-13-14(5-9)21-4-3-20-13/h1-2,5-7,19H,3-4,8H2. The summed E-state index contributed by atoms with van der Waals surface area (Å²) in [5.41, 5.74) is 0.561. The molecule has 21 heavy (non-hydrogen) atoms. The Labute approximate surface area is 119 Å². The lowest BCUT2D eigenvalue weighted by atomic mass is 10.2. The predicted molar refractivity (Wildman–Crippen MR) is 71.1 cm³/mol. The number of rotatable bonds is 3. The Balaban J connectivity index is 1.76. The maximum absolute atomic E-state index is 13.5. The van der Waals surface area contributed by atoms with E-state index in [1.165, 1.54) is 0 Å². The van der Waals surface area contributed by atoms with Crippen LogP contribution in [-0.4, -0.2) is 13.2 Å². The van der Waals surface area contributed by atoms with Crippen molar-refractivity contribution in [2.24, 2.45) is 0 Å². The van der Waals surface area contributed by atoms with E-state index in [9.17, 15) is 13.2 Å². The molecule has 1 heterocycles. The topological polar surface area (TPSA) is 30.5 Å². The predicted octanol–water partition coefficient (Wildman–Crippen LogP) is 3.49. The van der Waals surface area contributed by atoms with Crippen LogP contribution in [-0.2, 0) is 6.54 Å². The molecule has 0 saturated heterocycles. The molecule has 1 aliphatic heterocycles. The third-order valence-electron chi connectivity index (χ3n) is 3.08. The van der Waals surface area contributed by atoms with Crippen molar-refractivity contribution in [3.8, 4) is 11.5 Å². The number of benzene rings is 2. The largest absolute Gasteiger partial charge is 0.486 e. The van der Waals surface area contributed by atoms with Gasteiger partial charge in [-0.05, 0) is 17.7 Å². The van der Waals surface area contributed by atoms with Gasteiger partial charge in [0.05, 0.1) is 5.69 Å². The Morgan fingerprint density at radius 1 is 0.952 bits per heavy atom. The second kappa shape index (κ2) is 5.55. The van der Waals surface area contributed by atoms with E-state index in [-0.39, 0.29) is 12.2 Å². The molecule has 0 spiro atoms. The number of hydrogen-bond donors (Lipinski definition) is 1. The van der Waals surface area contributed by atoms with Gasteiger partial charge in [0.25, 0.3) is 0 Å². The summed E-state index contributed by atoms with van der Waals surface area (Å²) in [6.45, 7) is 1.17. The Bertz CT molecular complexity index is 676. The van der Waals surface area contributed by atoms with Crippen LogP contribution in [0.2, 0.25) is 0 Å². The first-order chi connectivity index (χ1) is 10.1. The monoisotopic (exact) mass is 295 g/mol. The Kier molecular flexibility index (Phi) is 3.60. The van der Waals surface area contributed by atoms with E-state index in [1.54, 1.807) is 18.2 Å². The van der Waals surface area contributed by atoms with E-state index < -0.39 is 17.5 Å². The van der Waals surface area contributed by atoms with Crippen LogP contribution < -0.4 is 14.8 Å². The van der Waals surface area contributed by atoms with E-state index >= 15 is 0 Å². The maximum Gasteiger partial charge on any atom is 0.182 e. The Morgan fingerprint density at radius 2 is 1.71 bits per heavy atom. The number of fused-ring (bicyclic) bond motifs is 1. The number of hydrogen-bond acceptors (Lipinski definition) is 3. The van der Waals surface area contributed by atoms with E-state index in [4.69, 9.17) is 9.47 Å². The molecule has 0 atom stereocenters. The van der Waals surface area contributed by atoms with Crippen LogP contribution in [0.4, 0.5) is 18.9 Å². The lowest BCUT2D eigenvalue weighted by molar-refractivity contribution is 0.171. The summed E-state index contributed by atoms with van der Waals surface area (Å²) in [7, 11) is 0. The van der Waals surface area contributed by atoms with Gasteiger partial charge >= 0.3 is 0 Å². The summed E-state index contributed by atoms with van der Waals surface area (Å²) in [6.07, 6.45) is 0. The van der Waals surface area contributed by atoms with Crippen LogP contribution in [0.5, 0.6) is 11.5 Å². The highest BCUT2D eigenvalue weighted by molar-refractivity contribution is 5.48. The quantitative estimate of drug-likeness (QED) is 0.879. The zero-order chi connectivity index (χ0) is 14.8. The molecule has 3 nitrogen and oxygen atoms in total. The molecule has 0 aromatic heterocycles. The number of anilines is 1. The maximum atomic E-state index is 13.5. The Hall–Kier alpha value is -2.37. The van der Waals surface area contributed by atoms with Gasteiger partial charge in [-0.3, -0.25) is 0 Å². The molecular formula is C15H12F3NO2. The van der Waals surface area contributed by atoms with Crippen molar-refractivity contribution in [1.29, 1.82) is 0 Å². The Morgan fingerprint density at radius 3 is 2.52 bits per heavy atom.